The fourth-order valence-corrected chi connectivity index (χ4v) is 2.66. The number of ether oxygens (including phenoxy) is 2. The van der Waals surface area contributed by atoms with Crippen LogP contribution in [-0.4, -0.2) is 21.3 Å². The Hall–Kier alpha value is -2.27. The number of hydrogen-bond acceptors (Lipinski definition) is 4. The first-order valence-corrected chi connectivity index (χ1v) is 7.04. The van der Waals surface area contributed by atoms with E-state index in [2.05, 4.69) is 9.97 Å². The van der Waals surface area contributed by atoms with Crippen molar-refractivity contribution < 1.29 is 9.47 Å². The highest BCUT2D eigenvalue weighted by Crippen LogP contribution is 2.36. The van der Waals surface area contributed by atoms with Crippen molar-refractivity contribution in [3.63, 3.8) is 0 Å². The normalized spacial score (nSPS) is 14.6. The van der Waals surface area contributed by atoms with Crippen LogP contribution < -0.4 is 9.47 Å². The second kappa shape index (κ2) is 4.63. The van der Waals surface area contributed by atoms with Gasteiger partial charge in [0.25, 0.3) is 0 Å². The van der Waals surface area contributed by atoms with Crippen molar-refractivity contribution in [3.05, 3.63) is 42.5 Å². The second-order valence-corrected chi connectivity index (χ2v) is 5.48. The zero-order valence-corrected chi connectivity index (χ0v) is 12.0. The van der Waals surface area contributed by atoms with Gasteiger partial charge in [0.05, 0.1) is 22.8 Å². The van der Waals surface area contributed by atoms with Crippen LogP contribution in [0.4, 0.5) is 0 Å². The number of hydrogen-bond donors (Lipinski definition) is 0. The first-order valence-electron chi connectivity index (χ1n) is 6.60. The molecule has 4 rings (SSSR count). The van der Waals surface area contributed by atoms with Gasteiger partial charge in [-0.3, -0.25) is 9.55 Å². The van der Waals surface area contributed by atoms with Crippen LogP contribution in [0.1, 0.15) is 18.1 Å². The van der Waals surface area contributed by atoms with E-state index in [0.29, 0.717) is 0 Å². The number of fused-ring (bicyclic) bond motifs is 2. The van der Waals surface area contributed by atoms with E-state index in [0.717, 1.165) is 34.0 Å². The number of aromatic nitrogens is 3. The van der Waals surface area contributed by atoms with Crippen LogP contribution in [0.2, 0.25) is 0 Å². The molecule has 0 amide bonds. The number of benzene rings is 1. The van der Waals surface area contributed by atoms with Crippen LogP contribution in [0.5, 0.6) is 11.5 Å². The van der Waals surface area contributed by atoms with Crippen LogP contribution in [0.25, 0.3) is 16.7 Å². The molecule has 0 aliphatic carbocycles. The first kappa shape index (κ1) is 12.5. The largest absolute Gasteiger partial charge is 0.454 e. The summed E-state index contributed by atoms with van der Waals surface area (Å²) in [5.41, 5.74) is 2.72. The molecular weight excluding hydrogens is 290 g/mol. The SMILES string of the molecule is CC(Cl)c1nc2cnccc2n1-c1ccc2c(c1)OCO2. The van der Waals surface area contributed by atoms with Gasteiger partial charge in [0, 0.05) is 12.3 Å². The van der Waals surface area contributed by atoms with Crippen LogP contribution >= 0.6 is 11.6 Å². The number of pyridine rings is 1. The summed E-state index contributed by atoms with van der Waals surface area (Å²) in [6.45, 7) is 2.16. The lowest BCUT2D eigenvalue weighted by atomic mass is 10.2. The lowest BCUT2D eigenvalue weighted by molar-refractivity contribution is 0.174. The molecule has 5 nitrogen and oxygen atoms in total. The predicted molar refractivity (Wildman–Crippen MR) is 79.3 cm³/mol. The third-order valence-electron chi connectivity index (χ3n) is 3.45. The Bertz CT molecular complexity index is 829. The van der Waals surface area contributed by atoms with Crippen molar-refractivity contribution in [2.75, 3.05) is 6.79 Å². The van der Waals surface area contributed by atoms with Crippen molar-refractivity contribution in [3.8, 4) is 17.2 Å². The Morgan fingerprint density at radius 3 is 2.95 bits per heavy atom. The second-order valence-electron chi connectivity index (χ2n) is 4.82. The molecule has 0 bridgehead atoms. The molecule has 1 atom stereocenters. The van der Waals surface area contributed by atoms with Gasteiger partial charge in [0.15, 0.2) is 11.5 Å². The highest BCUT2D eigenvalue weighted by molar-refractivity contribution is 6.20. The average Bonchev–Trinajstić information content (AvgIpc) is 3.10. The smallest absolute Gasteiger partial charge is 0.231 e. The Labute approximate surface area is 126 Å². The molecule has 1 aromatic carbocycles. The highest BCUT2D eigenvalue weighted by Gasteiger charge is 2.19. The molecule has 21 heavy (non-hydrogen) atoms. The number of halogens is 1. The van der Waals surface area contributed by atoms with Gasteiger partial charge in [-0.25, -0.2) is 4.98 Å². The highest BCUT2D eigenvalue weighted by atomic mass is 35.5. The Morgan fingerprint density at radius 1 is 1.24 bits per heavy atom. The van der Waals surface area contributed by atoms with Crippen molar-refractivity contribution in [2.24, 2.45) is 0 Å². The molecular formula is C15H12ClN3O2. The third kappa shape index (κ3) is 1.93. The van der Waals surface area contributed by atoms with Crippen LogP contribution in [0, 0.1) is 0 Å². The molecule has 0 radical (unpaired) electrons. The summed E-state index contributed by atoms with van der Waals surface area (Å²) in [6, 6.07) is 7.73. The van der Waals surface area contributed by atoms with Gasteiger partial charge in [-0.05, 0) is 25.1 Å². The van der Waals surface area contributed by atoms with Gasteiger partial charge in [0.2, 0.25) is 6.79 Å². The maximum absolute atomic E-state index is 6.29. The fraction of sp³-hybridized carbons (Fsp3) is 0.200. The molecule has 0 fully saturated rings. The monoisotopic (exact) mass is 301 g/mol. The topological polar surface area (TPSA) is 49.2 Å². The number of nitrogens with zero attached hydrogens (tertiary/aromatic N) is 3. The zero-order valence-electron chi connectivity index (χ0n) is 11.3. The van der Waals surface area contributed by atoms with E-state index in [1.54, 1.807) is 12.4 Å². The minimum Gasteiger partial charge on any atom is -0.454 e. The lowest BCUT2D eigenvalue weighted by Crippen LogP contribution is -2.01. The van der Waals surface area contributed by atoms with E-state index in [1.165, 1.54) is 0 Å². The summed E-state index contributed by atoms with van der Waals surface area (Å²) in [5.74, 6) is 2.26. The number of imidazole rings is 1. The minimum atomic E-state index is -0.220. The Morgan fingerprint density at radius 2 is 2.10 bits per heavy atom. The Balaban J connectivity index is 1.98. The molecule has 1 aliphatic heterocycles. The number of alkyl halides is 1. The molecule has 0 N–H and O–H groups in total. The van der Waals surface area contributed by atoms with E-state index >= 15 is 0 Å². The minimum absolute atomic E-state index is 0.220. The molecule has 6 heteroatoms. The van der Waals surface area contributed by atoms with Crippen molar-refractivity contribution >= 4 is 22.6 Å². The maximum Gasteiger partial charge on any atom is 0.231 e. The molecule has 2 aromatic heterocycles. The molecule has 3 heterocycles. The van der Waals surface area contributed by atoms with E-state index in [4.69, 9.17) is 21.1 Å². The fourth-order valence-electron chi connectivity index (χ4n) is 2.51. The van der Waals surface area contributed by atoms with Gasteiger partial charge < -0.3 is 9.47 Å². The molecule has 1 unspecified atom stereocenters. The lowest BCUT2D eigenvalue weighted by Gasteiger charge is -2.11. The molecule has 1 aliphatic rings. The summed E-state index contributed by atoms with van der Waals surface area (Å²) in [4.78, 5) is 8.69. The van der Waals surface area contributed by atoms with E-state index in [1.807, 2.05) is 35.8 Å². The molecule has 0 saturated heterocycles. The van der Waals surface area contributed by atoms with Crippen molar-refractivity contribution in [1.29, 1.82) is 0 Å². The van der Waals surface area contributed by atoms with Crippen molar-refractivity contribution in [2.45, 2.75) is 12.3 Å². The van der Waals surface area contributed by atoms with Crippen molar-refractivity contribution in [1.82, 2.24) is 14.5 Å². The van der Waals surface area contributed by atoms with E-state index in [9.17, 15) is 0 Å². The molecule has 0 saturated carbocycles. The van der Waals surface area contributed by atoms with Gasteiger partial charge in [-0.1, -0.05) is 0 Å². The summed E-state index contributed by atoms with van der Waals surface area (Å²) >= 11 is 6.29. The van der Waals surface area contributed by atoms with Crippen LogP contribution in [-0.2, 0) is 0 Å². The zero-order chi connectivity index (χ0) is 14.4. The standard InChI is InChI=1S/C15H12ClN3O2/c1-9(16)15-18-11-7-17-5-4-12(11)19(15)10-2-3-13-14(6-10)21-8-20-13/h2-7,9H,8H2,1H3. The summed E-state index contributed by atoms with van der Waals surface area (Å²) in [7, 11) is 0. The summed E-state index contributed by atoms with van der Waals surface area (Å²) < 4.78 is 12.8. The van der Waals surface area contributed by atoms with Gasteiger partial charge in [0.1, 0.15) is 11.3 Å². The summed E-state index contributed by atoms with van der Waals surface area (Å²) in [6.07, 6.45) is 3.48. The Kier molecular flexibility index (Phi) is 2.75. The van der Waals surface area contributed by atoms with Crippen LogP contribution in [0.3, 0.4) is 0 Å². The first-order chi connectivity index (χ1) is 10.2. The average molecular weight is 302 g/mol. The van der Waals surface area contributed by atoms with E-state index in [-0.39, 0.29) is 12.2 Å². The van der Waals surface area contributed by atoms with Gasteiger partial charge in [-0.2, -0.15) is 0 Å². The van der Waals surface area contributed by atoms with E-state index < -0.39 is 0 Å². The van der Waals surface area contributed by atoms with Gasteiger partial charge in [-0.15, -0.1) is 11.6 Å². The third-order valence-corrected chi connectivity index (χ3v) is 3.65. The molecule has 0 spiro atoms. The quantitative estimate of drug-likeness (QED) is 0.680. The van der Waals surface area contributed by atoms with Gasteiger partial charge >= 0.3 is 0 Å². The number of rotatable bonds is 2. The predicted octanol–water partition coefficient (Wildman–Crippen LogP) is 3.45. The summed E-state index contributed by atoms with van der Waals surface area (Å²) in [5, 5.41) is -0.220. The molecule has 106 valence electrons. The molecule has 3 aromatic rings. The maximum atomic E-state index is 6.29. The van der Waals surface area contributed by atoms with Crippen LogP contribution in [0.15, 0.2) is 36.7 Å².